The summed E-state index contributed by atoms with van der Waals surface area (Å²) in [6, 6.07) is 4.01. The van der Waals surface area contributed by atoms with Crippen LogP contribution in [0.25, 0.3) is 0 Å². The topological polar surface area (TPSA) is 75.4 Å². The fourth-order valence-corrected chi connectivity index (χ4v) is 3.80. The number of carbonyl (C=O) groups is 1. The first kappa shape index (κ1) is 15.2. The molecule has 3 rings (SSSR count). The van der Waals surface area contributed by atoms with Crippen molar-refractivity contribution in [1.82, 2.24) is 10.5 Å². The zero-order valence-electron chi connectivity index (χ0n) is 12.7. The lowest BCUT2D eigenvalue weighted by Gasteiger charge is -2.37. The third-order valence-corrected chi connectivity index (χ3v) is 5.26. The summed E-state index contributed by atoms with van der Waals surface area (Å²) in [7, 11) is 0. The normalized spacial score (nSPS) is 22.1. The fraction of sp³-hybridized carbons (Fsp3) is 0.500. The minimum Gasteiger partial charge on any atom is -0.393 e. The Balaban J connectivity index is 1.69. The lowest BCUT2D eigenvalue weighted by Crippen LogP contribution is -2.41. The lowest BCUT2D eigenvalue weighted by molar-refractivity contribution is -0.122. The van der Waals surface area contributed by atoms with Crippen LogP contribution in [0.5, 0.6) is 0 Å². The molecular formula is C16H20N2O3S. The molecule has 0 aromatic carbocycles. The van der Waals surface area contributed by atoms with Crippen LogP contribution in [0.1, 0.15) is 40.8 Å². The van der Waals surface area contributed by atoms with Crippen molar-refractivity contribution in [3.63, 3.8) is 0 Å². The van der Waals surface area contributed by atoms with E-state index in [-0.39, 0.29) is 24.5 Å². The molecule has 1 atom stereocenters. The Morgan fingerprint density at radius 3 is 2.86 bits per heavy atom. The third-order valence-electron chi connectivity index (χ3n) is 4.31. The van der Waals surface area contributed by atoms with E-state index in [1.54, 1.807) is 11.3 Å². The summed E-state index contributed by atoms with van der Waals surface area (Å²) in [6.45, 7) is 3.67. The average Bonchev–Trinajstić information content (AvgIpc) is 3.07. The number of aromatic nitrogens is 1. The van der Waals surface area contributed by atoms with Crippen LogP contribution in [-0.2, 0) is 11.2 Å². The van der Waals surface area contributed by atoms with Gasteiger partial charge in [0, 0.05) is 10.4 Å². The van der Waals surface area contributed by atoms with Crippen LogP contribution < -0.4 is 5.32 Å². The van der Waals surface area contributed by atoms with Gasteiger partial charge >= 0.3 is 0 Å². The Kier molecular flexibility index (Phi) is 4.31. The monoisotopic (exact) mass is 320 g/mol. The maximum absolute atomic E-state index is 12.4. The minimum absolute atomic E-state index is 0.0172. The van der Waals surface area contributed by atoms with E-state index in [0.717, 1.165) is 29.0 Å². The first-order valence-corrected chi connectivity index (χ1v) is 8.35. The van der Waals surface area contributed by atoms with Gasteiger partial charge in [0.1, 0.15) is 5.76 Å². The second-order valence-electron chi connectivity index (χ2n) is 5.93. The van der Waals surface area contributed by atoms with E-state index in [2.05, 4.69) is 10.5 Å². The number of rotatable bonds is 5. The molecular weight excluding hydrogens is 300 g/mol. The average molecular weight is 320 g/mol. The van der Waals surface area contributed by atoms with Gasteiger partial charge in [-0.2, -0.15) is 0 Å². The molecule has 5 nitrogen and oxygen atoms in total. The van der Waals surface area contributed by atoms with E-state index >= 15 is 0 Å². The van der Waals surface area contributed by atoms with Crippen molar-refractivity contribution in [2.45, 2.75) is 45.3 Å². The summed E-state index contributed by atoms with van der Waals surface area (Å²) in [5.74, 6) is 0.968. The van der Waals surface area contributed by atoms with Gasteiger partial charge in [-0.15, -0.1) is 11.3 Å². The molecule has 0 aliphatic heterocycles. The summed E-state index contributed by atoms with van der Waals surface area (Å²) >= 11 is 1.64. The van der Waals surface area contributed by atoms with Crippen molar-refractivity contribution < 1.29 is 14.4 Å². The Hall–Kier alpha value is -1.66. The molecule has 1 fully saturated rings. The molecule has 6 heteroatoms. The number of nitrogens with zero attached hydrogens (tertiary/aromatic N) is 1. The van der Waals surface area contributed by atoms with Gasteiger partial charge in [-0.1, -0.05) is 11.2 Å². The van der Waals surface area contributed by atoms with E-state index in [0.29, 0.717) is 11.7 Å². The van der Waals surface area contributed by atoms with Crippen LogP contribution >= 0.6 is 11.3 Å². The minimum atomic E-state index is -0.230. The number of carbonyl (C=O) groups excluding carboxylic acids is 1. The summed E-state index contributed by atoms with van der Waals surface area (Å²) in [6.07, 6.45) is 1.53. The molecule has 0 spiro atoms. The van der Waals surface area contributed by atoms with Crippen LogP contribution in [0.3, 0.4) is 0 Å². The molecule has 0 unspecified atom stereocenters. The van der Waals surface area contributed by atoms with Crippen LogP contribution in [0.2, 0.25) is 0 Å². The molecule has 0 radical (unpaired) electrons. The second-order valence-corrected chi connectivity index (χ2v) is 6.90. The number of thiophene rings is 1. The van der Waals surface area contributed by atoms with Crippen molar-refractivity contribution in [2.24, 2.45) is 5.92 Å². The van der Waals surface area contributed by atoms with Crippen molar-refractivity contribution in [3.05, 3.63) is 39.4 Å². The molecule has 2 N–H and O–H groups in total. The molecule has 1 aliphatic rings. The van der Waals surface area contributed by atoms with Crippen molar-refractivity contribution in [3.8, 4) is 0 Å². The smallest absolute Gasteiger partial charge is 0.225 e. The zero-order chi connectivity index (χ0) is 15.7. The highest BCUT2D eigenvalue weighted by atomic mass is 32.1. The first-order chi connectivity index (χ1) is 10.5. The molecule has 2 heterocycles. The van der Waals surface area contributed by atoms with Crippen LogP contribution in [0.4, 0.5) is 0 Å². The van der Waals surface area contributed by atoms with Crippen LogP contribution in [0.15, 0.2) is 22.0 Å². The maximum Gasteiger partial charge on any atom is 0.225 e. The number of hydrogen-bond acceptors (Lipinski definition) is 5. The highest BCUT2D eigenvalue weighted by molar-refractivity contribution is 7.10. The van der Waals surface area contributed by atoms with Crippen molar-refractivity contribution in [1.29, 1.82) is 0 Å². The van der Waals surface area contributed by atoms with Gasteiger partial charge < -0.3 is 14.9 Å². The highest BCUT2D eigenvalue weighted by Crippen LogP contribution is 2.39. The predicted molar refractivity (Wildman–Crippen MR) is 83.6 cm³/mol. The SMILES string of the molecule is Cc1noc(C)c1CC(=O)N[C@H](c1cccs1)C1CC(O)C1. The second kappa shape index (κ2) is 6.22. The zero-order valence-corrected chi connectivity index (χ0v) is 13.5. The number of aliphatic hydroxyl groups excluding tert-OH is 1. The fourth-order valence-electron chi connectivity index (χ4n) is 2.93. The number of amides is 1. The van der Waals surface area contributed by atoms with E-state index in [1.165, 1.54) is 0 Å². The van der Waals surface area contributed by atoms with Gasteiger partial charge in [0.2, 0.25) is 5.91 Å². The highest BCUT2D eigenvalue weighted by Gasteiger charge is 2.36. The lowest BCUT2D eigenvalue weighted by atomic mass is 9.76. The summed E-state index contributed by atoms with van der Waals surface area (Å²) < 4.78 is 5.11. The van der Waals surface area contributed by atoms with Gasteiger partial charge in [-0.25, -0.2) is 0 Å². The molecule has 22 heavy (non-hydrogen) atoms. The van der Waals surface area contributed by atoms with Crippen LogP contribution in [-0.4, -0.2) is 22.3 Å². The number of hydrogen-bond donors (Lipinski definition) is 2. The maximum atomic E-state index is 12.4. The van der Waals surface area contributed by atoms with Gasteiger partial charge in [0.05, 0.1) is 24.3 Å². The summed E-state index contributed by atoms with van der Waals surface area (Å²) in [5, 5.41) is 18.6. The van der Waals surface area contributed by atoms with Gasteiger partial charge in [0.15, 0.2) is 0 Å². The Morgan fingerprint density at radius 1 is 1.55 bits per heavy atom. The molecule has 2 aromatic heterocycles. The molecule has 1 amide bonds. The van der Waals surface area contributed by atoms with Crippen molar-refractivity contribution >= 4 is 17.2 Å². The van der Waals surface area contributed by atoms with Gasteiger partial charge in [-0.3, -0.25) is 4.79 Å². The number of aryl methyl sites for hydroxylation is 2. The third kappa shape index (κ3) is 3.08. The first-order valence-electron chi connectivity index (χ1n) is 7.47. The van der Waals surface area contributed by atoms with Gasteiger partial charge in [0.25, 0.3) is 0 Å². The number of aliphatic hydroxyl groups is 1. The van der Waals surface area contributed by atoms with E-state index < -0.39 is 0 Å². The molecule has 2 aromatic rings. The van der Waals surface area contributed by atoms with E-state index in [4.69, 9.17) is 4.52 Å². The summed E-state index contributed by atoms with van der Waals surface area (Å²) in [5.41, 5.74) is 1.62. The molecule has 1 aliphatic carbocycles. The Morgan fingerprint density at radius 2 is 2.32 bits per heavy atom. The van der Waals surface area contributed by atoms with Crippen molar-refractivity contribution in [2.75, 3.05) is 0 Å². The molecule has 0 bridgehead atoms. The largest absolute Gasteiger partial charge is 0.393 e. The molecule has 118 valence electrons. The van der Waals surface area contributed by atoms with Gasteiger partial charge in [-0.05, 0) is 44.1 Å². The quantitative estimate of drug-likeness (QED) is 0.887. The molecule has 1 saturated carbocycles. The Labute approximate surface area is 133 Å². The Bertz CT molecular complexity index is 625. The summed E-state index contributed by atoms with van der Waals surface area (Å²) in [4.78, 5) is 13.6. The standard InChI is InChI=1S/C16H20N2O3S/c1-9-13(10(2)21-18-9)8-15(20)17-16(11-6-12(19)7-11)14-4-3-5-22-14/h3-5,11-12,16,19H,6-8H2,1-2H3,(H,17,20)/t11?,12?,16-/m0/s1. The number of nitrogens with one attached hydrogen (secondary N) is 1. The predicted octanol–water partition coefficient (Wildman–Crippen LogP) is 2.52. The van der Waals surface area contributed by atoms with E-state index in [9.17, 15) is 9.90 Å². The van der Waals surface area contributed by atoms with Crippen LogP contribution in [0, 0.1) is 19.8 Å². The van der Waals surface area contributed by atoms with E-state index in [1.807, 2.05) is 31.4 Å². The molecule has 0 saturated heterocycles.